The number of carboxylic acids is 1. The third-order valence-corrected chi connectivity index (χ3v) is 5.91. The van der Waals surface area contributed by atoms with Crippen LogP contribution in [0.25, 0.3) is 28.9 Å². The number of methoxy groups -OCH3 is 2. The van der Waals surface area contributed by atoms with E-state index in [1.807, 2.05) is 0 Å². The van der Waals surface area contributed by atoms with Crippen LogP contribution in [0.3, 0.4) is 0 Å². The predicted molar refractivity (Wildman–Crippen MR) is 130 cm³/mol. The van der Waals surface area contributed by atoms with E-state index in [4.69, 9.17) is 29.9 Å². The molecule has 0 aliphatic carbocycles. The maximum Gasteiger partial charge on any atom is 0.342 e. The standard InChI is InChI=1S/C23H16ClN3O8S/c1-32-15-7-12(8-16(10-15)33-2)21-25-26-23(35-21)36-20(22(28)29)11-14-4-6-19(34-14)17-5-3-13(27(30)31)9-18(17)24/h3-11H,1-2H3,(H,28,29)/b20-11-. The van der Waals surface area contributed by atoms with E-state index in [0.29, 0.717) is 28.4 Å². The number of aromatic nitrogens is 2. The first kappa shape index (κ1) is 24.8. The highest BCUT2D eigenvalue weighted by Crippen LogP contribution is 2.35. The number of carbonyl (C=O) groups is 1. The number of nitro benzene ring substituents is 1. The lowest BCUT2D eigenvalue weighted by molar-refractivity contribution is -0.384. The fourth-order valence-electron chi connectivity index (χ4n) is 3.05. The van der Waals surface area contributed by atoms with E-state index in [-0.39, 0.29) is 32.5 Å². The maximum absolute atomic E-state index is 11.8. The third kappa shape index (κ3) is 5.50. The molecule has 0 radical (unpaired) electrons. The van der Waals surface area contributed by atoms with Crippen LogP contribution in [-0.2, 0) is 4.79 Å². The number of thioether (sulfide) groups is 1. The van der Waals surface area contributed by atoms with Crippen molar-refractivity contribution in [2.24, 2.45) is 0 Å². The summed E-state index contributed by atoms with van der Waals surface area (Å²) in [6, 6.07) is 12.1. The summed E-state index contributed by atoms with van der Waals surface area (Å²) in [4.78, 5) is 22.0. The lowest BCUT2D eigenvalue weighted by Gasteiger charge is -2.05. The van der Waals surface area contributed by atoms with Crippen molar-refractivity contribution in [3.05, 3.63) is 74.3 Å². The molecule has 2 heterocycles. The number of aliphatic carboxylic acids is 1. The van der Waals surface area contributed by atoms with Crippen molar-refractivity contribution in [3.8, 4) is 34.3 Å². The number of nitrogens with zero attached hydrogens (tertiary/aromatic N) is 3. The molecule has 0 bridgehead atoms. The number of carboxylic acid groups (broad SMARTS) is 1. The molecule has 0 aliphatic heterocycles. The number of hydrogen-bond acceptors (Lipinski definition) is 10. The molecular formula is C23H16ClN3O8S. The van der Waals surface area contributed by atoms with Crippen LogP contribution >= 0.6 is 23.4 Å². The molecule has 0 saturated carbocycles. The topological polar surface area (TPSA) is 151 Å². The fraction of sp³-hybridized carbons (Fsp3) is 0.0870. The van der Waals surface area contributed by atoms with Gasteiger partial charge in [0.2, 0.25) is 5.89 Å². The normalized spacial score (nSPS) is 11.4. The Bertz CT molecular complexity index is 1460. The van der Waals surface area contributed by atoms with Crippen molar-refractivity contribution in [1.82, 2.24) is 10.2 Å². The van der Waals surface area contributed by atoms with Crippen molar-refractivity contribution in [1.29, 1.82) is 0 Å². The molecule has 13 heteroatoms. The molecule has 0 unspecified atom stereocenters. The van der Waals surface area contributed by atoms with Crippen molar-refractivity contribution in [3.63, 3.8) is 0 Å². The van der Waals surface area contributed by atoms with Gasteiger partial charge in [0.25, 0.3) is 10.9 Å². The molecular weight excluding hydrogens is 514 g/mol. The molecule has 0 fully saturated rings. The summed E-state index contributed by atoms with van der Waals surface area (Å²) in [5, 5.41) is 28.6. The van der Waals surface area contributed by atoms with Gasteiger partial charge in [-0.2, -0.15) is 0 Å². The summed E-state index contributed by atoms with van der Waals surface area (Å²) in [7, 11) is 3.01. The Morgan fingerprint density at radius 3 is 2.42 bits per heavy atom. The van der Waals surface area contributed by atoms with E-state index in [2.05, 4.69) is 10.2 Å². The lowest BCUT2D eigenvalue weighted by atomic mass is 10.1. The molecule has 184 valence electrons. The Labute approximate surface area is 212 Å². The van der Waals surface area contributed by atoms with Crippen LogP contribution in [0.4, 0.5) is 5.69 Å². The number of ether oxygens (including phenoxy) is 2. The molecule has 0 atom stereocenters. The van der Waals surface area contributed by atoms with Gasteiger partial charge in [-0.1, -0.05) is 11.6 Å². The molecule has 11 nitrogen and oxygen atoms in total. The first-order valence-corrected chi connectivity index (χ1v) is 11.2. The van der Waals surface area contributed by atoms with Gasteiger partial charge in [-0.05, 0) is 42.1 Å². The Balaban J connectivity index is 1.57. The summed E-state index contributed by atoms with van der Waals surface area (Å²) >= 11 is 6.89. The highest BCUT2D eigenvalue weighted by atomic mass is 35.5. The average molecular weight is 530 g/mol. The Hall–Kier alpha value is -4.29. The van der Waals surface area contributed by atoms with Crippen LogP contribution in [0.2, 0.25) is 5.02 Å². The van der Waals surface area contributed by atoms with Crippen LogP contribution in [0.5, 0.6) is 11.5 Å². The number of furan rings is 1. The number of hydrogen-bond donors (Lipinski definition) is 1. The first-order chi connectivity index (χ1) is 17.3. The second-order valence-electron chi connectivity index (χ2n) is 7.01. The summed E-state index contributed by atoms with van der Waals surface area (Å²) in [6.07, 6.45) is 1.29. The number of non-ortho nitro benzene ring substituents is 1. The molecule has 4 aromatic rings. The van der Waals surface area contributed by atoms with Gasteiger partial charge < -0.3 is 23.4 Å². The van der Waals surface area contributed by atoms with E-state index >= 15 is 0 Å². The van der Waals surface area contributed by atoms with Gasteiger partial charge in [0.15, 0.2) is 0 Å². The van der Waals surface area contributed by atoms with E-state index < -0.39 is 10.9 Å². The van der Waals surface area contributed by atoms with Crippen LogP contribution in [0.15, 0.2) is 67.5 Å². The number of nitro groups is 1. The predicted octanol–water partition coefficient (Wildman–Crippen LogP) is 5.79. The molecule has 4 rings (SSSR count). The Morgan fingerprint density at radius 2 is 1.81 bits per heavy atom. The Kier molecular flexibility index (Phi) is 7.27. The zero-order valence-electron chi connectivity index (χ0n) is 18.6. The summed E-state index contributed by atoms with van der Waals surface area (Å²) in [6.45, 7) is 0. The van der Waals surface area contributed by atoms with Gasteiger partial charge in [0.05, 0.1) is 24.2 Å². The number of benzene rings is 2. The highest BCUT2D eigenvalue weighted by Gasteiger charge is 2.19. The van der Waals surface area contributed by atoms with E-state index in [1.54, 1.807) is 30.3 Å². The molecule has 1 N–H and O–H groups in total. The second-order valence-corrected chi connectivity index (χ2v) is 8.41. The average Bonchev–Trinajstić information content (AvgIpc) is 3.53. The zero-order valence-corrected chi connectivity index (χ0v) is 20.2. The van der Waals surface area contributed by atoms with Crippen molar-refractivity contribution >= 4 is 41.1 Å². The molecule has 0 spiro atoms. The molecule has 36 heavy (non-hydrogen) atoms. The van der Waals surface area contributed by atoms with Crippen molar-refractivity contribution < 1.29 is 33.1 Å². The van der Waals surface area contributed by atoms with E-state index in [0.717, 1.165) is 11.8 Å². The largest absolute Gasteiger partial charge is 0.497 e. The molecule has 0 saturated heterocycles. The first-order valence-electron chi connectivity index (χ1n) is 10.0. The quantitative estimate of drug-likeness (QED) is 0.121. The maximum atomic E-state index is 11.8. The Morgan fingerprint density at radius 1 is 1.08 bits per heavy atom. The fourth-order valence-corrected chi connectivity index (χ4v) is 3.97. The molecule has 2 aromatic heterocycles. The molecule has 2 aromatic carbocycles. The van der Waals surface area contributed by atoms with Gasteiger partial charge in [0.1, 0.15) is 27.9 Å². The van der Waals surface area contributed by atoms with Gasteiger partial charge in [-0.25, -0.2) is 4.79 Å². The minimum Gasteiger partial charge on any atom is -0.497 e. The van der Waals surface area contributed by atoms with Crippen LogP contribution in [0.1, 0.15) is 5.76 Å². The minimum absolute atomic E-state index is 0.00868. The second kappa shape index (κ2) is 10.5. The third-order valence-electron chi connectivity index (χ3n) is 4.74. The lowest BCUT2D eigenvalue weighted by Crippen LogP contribution is -1.96. The van der Waals surface area contributed by atoms with E-state index in [9.17, 15) is 20.0 Å². The van der Waals surface area contributed by atoms with Gasteiger partial charge >= 0.3 is 5.97 Å². The SMILES string of the molecule is COc1cc(OC)cc(-c2nnc(S/C(=C\c3ccc(-c4ccc([N+](=O)[O-])cc4Cl)o3)C(=O)O)o2)c1. The van der Waals surface area contributed by atoms with Gasteiger partial charge in [0, 0.05) is 35.4 Å². The monoisotopic (exact) mass is 529 g/mol. The summed E-state index contributed by atoms with van der Waals surface area (Å²) in [5.74, 6) is 0.459. The number of rotatable bonds is 9. The van der Waals surface area contributed by atoms with Gasteiger partial charge in [-0.15, -0.1) is 10.2 Å². The van der Waals surface area contributed by atoms with Crippen LogP contribution < -0.4 is 9.47 Å². The van der Waals surface area contributed by atoms with Gasteiger partial charge in [-0.3, -0.25) is 10.1 Å². The summed E-state index contributed by atoms with van der Waals surface area (Å²) < 4.78 is 21.8. The molecule has 0 amide bonds. The van der Waals surface area contributed by atoms with Crippen LogP contribution in [0, 0.1) is 10.1 Å². The van der Waals surface area contributed by atoms with Crippen LogP contribution in [-0.4, -0.2) is 40.4 Å². The molecule has 0 aliphatic rings. The van der Waals surface area contributed by atoms with E-state index in [1.165, 1.54) is 38.5 Å². The summed E-state index contributed by atoms with van der Waals surface area (Å²) in [5.41, 5.74) is 0.787. The van der Waals surface area contributed by atoms with Crippen molar-refractivity contribution in [2.75, 3.05) is 14.2 Å². The minimum atomic E-state index is -1.24. The highest BCUT2D eigenvalue weighted by molar-refractivity contribution is 8.03. The zero-order chi connectivity index (χ0) is 25.8. The van der Waals surface area contributed by atoms with Crippen molar-refractivity contribution in [2.45, 2.75) is 5.22 Å². The number of halogens is 1. The smallest absolute Gasteiger partial charge is 0.342 e.